The van der Waals surface area contributed by atoms with Crippen molar-refractivity contribution >= 4 is 52.4 Å². The molecule has 3 aromatic rings. The number of fused-ring (bicyclic) bond motifs is 1. The normalized spacial score (nSPS) is 14.4. The Hall–Kier alpha value is -3.68. The van der Waals surface area contributed by atoms with Gasteiger partial charge in [0, 0.05) is 37.1 Å². The standard InChI is InChI=1S/C28H25Cl2N3O4/c29-22-11-10-21(15-23(22)30)32-26(35)16-31-28(37)24-14-19-8-4-5-9-20(19)17-33(24)27(36)13-12-25(34)18-6-2-1-3-7-18/h1-11,15,24H,12-14,16-17H2,(H,31,37)(H,32,35). The van der Waals surface area contributed by atoms with Crippen LogP contribution in [0.3, 0.4) is 0 Å². The van der Waals surface area contributed by atoms with Crippen LogP contribution in [-0.4, -0.2) is 41.0 Å². The van der Waals surface area contributed by atoms with Crippen molar-refractivity contribution in [2.45, 2.75) is 31.8 Å². The summed E-state index contributed by atoms with van der Waals surface area (Å²) in [6.45, 7) is -0.0339. The predicted molar refractivity (Wildman–Crippen MR) is 143 cm³/mol. The number of amides is 3. The molecule has 1 heterocycles. The third kappa shape index (κ3) is 6.76. The number of carbonyl (C=O) groups excluding carboxylic acids is 4. The zero-order chi connectivity index (χ0) is 26.4. The van der Waals surface area contributed by atoms with Crippen molar-refractivity contribution < 1.29 is 19.2 Å². The quantitative estimate of drug-likeness (QED) is 0.408. The van der Waals surface area contributed by atoms with Gasteiger partial charge in [-0.3, -0.25) is 19.2 Å². The first-order valence-corrected chi connectivity index (χ1v) is 12.5. The number of benzene rings is 3. The molecule has 1 aliphatic heterocycles. The summed E-state index contributed by atoms with van der Waals surface area (Å²) in [7, 11) is 0. The number of hydrogen-bond acceptors (Lipinski definition) is 4. The molecule has 0 aliphatic carbocycles. The number of ketones is 1. The van der Waals surface area contributed by atoms with Crippen LogP contribution in [0.25, 0.3) is 0 Å². The fourth-order valence-electron chi connectivity index (χ4n) is 4.22. The van der Waals surface area contributed by atoms with Crippen LogP contribution < -0.4 is 10.6 Å². The molecule has 0 bridgehead atoms. The first-order valence-electron chi connectivity index (χ1n) is 11.8. The summed E-state index contributed by atoms with van der Waals surface area (Å²) in [6, 6.07) is 20.3. The van der Waals surface area contributed by atoms with E-state index in [1.54, 1.807) is 36.4 Å². The molecule has 37 heavy (non-hydrogen) atoms. The van der Waals surface area contributed by atoms with Crippen molar-refractivity contribution in [3.05, 3.63) is 99.5 Å². The molecule has 4 rings (SSSR count). The van der Waals surface area contributed by atoms with Gasteiger partial charge in [0.2, 0.25) is 17.7 Å². The number of Topliss-reactive ketones (excluding diaryl/α,β-unsaturated/α-hetero) is 1. The lowest BCUT2D eigenvalue weighted by Crippen LogP contribution is -2.53. The van der Waals surface area contributed by atoms with Crippen LogP contribution in [-0.2, 0) is 27.3 Å². The van der Waals surface area contributed by atoms with Gasteiger partial charge in [-0.2, -0.15) is 0 Å². The van der Waals surface area contributed by atoms with Crippen molar-refractivity contribution in [2.75, 3.05) is 11.9 Å². The Bertz CT molecular complexity index is 1330. The van der Waals surface area contributed by atoms with Gasteiger partial charge >= 0.3 is 0 Å². The molecular weight excluding hydrogens is 513 g/mol. The highest BCUT2D eigenvalue weighted by Gasteiger charge is 2.34. The average Bonchev–Trinajstić information content (AvgIpc) is 2.92. The summed E-state index contributed by atoms with van der Waals surface area (Å²) < 4.78 is 0. The number of nitrogens with one attached hydrogen (secondary N) is 2. The van der Waals surface area contributed by atoms with E-state index < -0.39 is 17.9 Å². The maximum absolute atomic E-state index is 13.2. The van der Waals surface area contributed by atoms with Crippen LogP contribution in [0.15, 0.2) is 72.8 Å². The zero-order valence-corrected chi connectivity index (χ0v) is 21.4. The van der Waals surface area contributed by atoms with E-state index in [0.29, 0.717) is 27.7 Å². The lowest BCUT2D eigenvalue weighted by molar-refractivity contribution is -0.142. The molecule has 190 valence electrons. The first kappa shape index (κ1) is 26.4. The Morgan fingerprint density at radius 1 is 0.838 bits per heavy atom. The SMILES string of the molecule is O=C(CNC(=O)C1Cc2ccccc2CN1C(=O)CCC(=O)c1ccccc1)Nc1ccc(Cl)c(Cl)c1. The maximum atomic E-state index is 13.2. The van der Waals surface area contributed by atoms with Crippen LogP contribution in [0.4, 0.5) is 5.69 Å². The summed E-state index contributed by atoms with van der Waals surface area (Å²) in [4.78, 5) is 52.7. The van der Waals surface area contributed by atoms with Gasteiger partial charge in [-0.25, -0.2) is 0 Å². The van der Waals surface area contributed by atoms with Crippen molar-refractivity contribution in [3.63, 3.8) is 0 Å². The zero-order valence-electron chi connectivity index (χ0n) is 19.9. The highest BCUT2D eigenvalue weighted by molar-refractivity contribution is 6.42. The fourth-order valence-corrected chi connectivity index (χ4v) is 4.51. The third-order valence-corrected chi connectivity index (χ3v) is 6.90. The van der Waals surface area contributed by atoms with Gasteiger partial charge in [0.1, 0.15) is 6.04 Å². The highest BCUT2D eigenvalue weighted by atomic mass is 35.5. The van der Waals surface area contributed by atoms with Gasteiger partial charge in [-0.05, 0) is 29.3 Å². The molecule has 7 nitrogen and oxygen atoms in total. The van der Waals surface area contributed by atoms with Crippen LogP contribution in [0.1, 0.15) is 34.3 Å². The van der Waals surface area contributed by atoms with Gasteiger partial charge in [0.05, 0.1) is 16.6 Å². The Labute approximate surface area is 224 Å². The molecular formula is C28H25Cl2N3O4. The Balaban J connectivity index is 1.40. The van der Waals surface area contributed by atoms with E-state index in [-0.39, 0.29) is 37.6 Å². The second-order valence-corrected chi connectivity index (χ2v) is 9.51. The Morgan fingerprint density at radius 2 is 1.54 bits per heavy atom. The molecule has 0 saturated heterocycles. The second kappa shape index (κ2) is 12.0. The average molecular weight is 538 g/mol. The number of halogens is 2. The van der Waals surface area contributed by atoms with Crippen LogP contribution in [0.5, 0.6) is 0 Å². The largest absolute Gasteiger partial charge is 0.345 e. The molecule has 1 aliphatic rings. The number of nitrogens with zero attached hydrogens (tertiary/aromatic N) is 1. The fraction of sp³-hybridized carbons (Fsp3) is 0.214. The molecule has 3 amide bonds. The Morgan fingerprint density at radius 3 is 2.27 bits per heavy atom. The minimum atomic E-state index is -0.799. The number of carbonyl (C=O) groups is 4. The first-order chi connectivity index (χ1) is 17.8. The minimum Gasteiger partial charge on any atom is -0.345 e. The smallest absolute Gasteiger partial charge is 0.243 e. The lowest BCUT2D eigenvalue weighted by atomic mass is 9.93. The summed E-state index contributed by atoms with van der Waals surface area (Å²) in [5.74, 6) is -1.32. The van der Waals surface area contributed by atoms with E-state index >= 15 is 0 Å². The van der Waals surface area contributed by atoms with E-state index in [9.17, 15) is 19.2 Å². The van der Waals surface area contributed by atoms with Crippen LogP contribution >= 0.6 is 23.2 Å². The van der Waals surface area contributed by atoms with Crippen LogP contribution in [0, 0.1) is 0 Å². The van der Waals surface area contributed by atoms with Crippen LogP contribution in [0.2, 0.25) is 10.0 Å². The molecule has 0 aromatic heterocycles. The summed E-state index contributed by atoms with van der Waals surface area (Å²) in [5, 5.41) is 5.94. The van der Waals surface area contributed by atoms with Gasteiger partial charge in [0.25, 0.3) is 0 Å². The van der Waals surface area contributed by atoms with Crippen molar-refractivity contribution in [1.82, 2.24) is 10.2 Å². The molecule has 3 aromatic carbocycles. The number of rotatable bonds is 8. The molecule has 2 N–H and O–H groups in total. The molecule has 1 unspecified atom stereocenters. The summed E-state index contributed by atoms with van der Waals surface area (Å²) >= 11 is 11.9. The molecule has 0 saturated carbocycles. The van der Waals surface area contributed by atoms with Crippen molar-refractivity contribution in [1.29, 1.82) is 0 Å². The van der Waals surface area contributed by atoms with E-state index in [0.717, 1.165) is 11.1 Å². The van der Waals surface area contributed by atoms with Gasteiger partial charge in [-0.1, -0.05) is 77.8 Å². The van der Waals surface area contributed by atoms with Crippen molar-refractivity contribution in [2.24, 2.45) is 0 Å². The number of hydrogen-bond donors (Lipinski definition) is 2. The van der Waals surface area contributed by atoms with Gasteiger partial charge in [-0.15, -0.1) is 0 Å². The summed E-state index contributed by atoms with van der Waals surface area (Å²) in [6.07, 6.45) is 0.341. The lowest BCUT2D eigenvalue weighted by Gasteiger charge is -2.36. The third-order valence-electron chi connectivity index (χ3n) is 6.16. The van der Waals surface area contributed by atoms with Gasteiger partial charge < -0.3 is 15.5 Å². The highest BCUT2D eigenvalue weighted by Crippen LogP contribution is 2.26. The monoisotopic (exact) mass is 537 g/mol. The number of anilines is 1. The van der Waals surface area contributed by atoms with E-state index in [4.69, 9.17) is 23.2 Å². The van der Waals surface area contributed by atoms with E-state index in [1.807, 2.05) is 30.3 Å². The maximum Gasteiger partial charge on any atom is 0.243 e. The molecule has 0 fully saturated rings. The topological polar surface area (TPSA) is 95.6 Å². The van der Waals surface area contributed by atoms with Crippen molar-refractivity contribution in [3.8, 4) is 0 Å². The summed E-state index contributed by atoms with van der Waals surface area (Å²) in [5.41, 5.74) is 2.90. The Kier molecular flexibility index (Phi) is 8.58. The predicted octanol–water partition coefficient (Wildman–Crippen LogP) is 4.66. The van der Waals surface area contributed by atoms with E-state index in [1.165, 1.54) is 11.0 Å². The molecule has 0 radical (unpaired) electrons. The molecule has 1 atom stereocenters. The minimum absolute atomic E-state index is 0.0164. The molecule has 0 spiro atoms. The van der Waals surface area contributed by atoms with E-state index in [2.05, 4.69) is 10.6 Å². The molecule has 9 heteroatoms. The second-order valence-electron chi connectivity index (χ2n) is 8.69. The van der Waals surface area contributed by atoms with Gasteiger partial charge in [0.15, 0.2) is 5.78 Å².